The molecule has 4 nitrogen and oxygen atoms in total. The minimum absolute atomic E-state index is 0.0278. The zero-order valence-electron chi connectivity index (χ0n) is 10.8. The molecule has 0 spiro atoms. The summed E-state index contributed by atoms with van der Waals surface area (Å²) < 4.78 is 1.88. The van der Waals surface area contributed by atoms with Crippen LogP contribution in [0.25, 0.3) is 5.69 Å². The van der Waals surface area contributed by atoms with E-state index in [0.29, 0.717) is 0 Å². The Labute approximate surface area is 107 Å². The fraction of sp³-hybridized carbons (Fsp3) is 0.286. The number of amides is 1. The van der Waals surface area contributed by atoms with Crippen molar-refractivity contribution in [3.05, 3.63) is 47.8 Å². The summed E-state index contributed by atoms with van der Waals surface area (Å²) in [6.45, 7) is 5.49. The Kier molecular flexibility index (Phi) is 3.46. The van der Waals surface area contributed by atoms with Crippen molar-refractivity contribution in [3.63, 3.8) is 0 Å². The second-order valence-electron chi connectivity index (χ2n) is 4.35. The molecule has 1 atom stereocenters. The van der Waals surface area contributed by atoms with Gasteiger partial charge in [0, 0.05) is 18.2 Å². The summed E-state index contributed by atoms with van der Waals surface area (Å²) in [4.78, 5) is 11.1. The molecule has 1 amide bonds. The van der Waals surface area contributed by atoms with E-state index in [4.69, 9.17) is 0 Å². The molecule has 0 unspecified atom stereocenters. The monoisotopic (exact) mass is 243 g/mol. The van der Waals surface area contributed by atoms with Gasteiger partial charge in [0.1, 0.15) is 0 Å². The predicted octanol–water partition coefficient (Wildman–Crippen LogP) is 2.38. The Morgan fingerprint density at radius 3 is 2.61 bits per heavy atom. The van der Waals surface area contributed by atoms with E-state index in [1.807, 2.05) is 55.1 Å². The molecular formula is C14H17N3O. The molecular weight excluding hydrogens is 226 g/mol. The maximum Gasteiger partial charge on any atom is 0.217 e. The third-order valence-electron chi connectivity index (χ3n) is 2.93. The minimum Gasteiger partial charge on any atom is -0.350 e. The second kappa shape index (κ2) is 5.04. The summed E-state index contributed by atoms with van der Waals surface area (Å²) in [6.07, 6.45) is 1.81. The van der Waals surface area contributed by atoms with Crippen molar-refractivity contribution >= 4 is 5.91 Å². The van der Waals surface area contributed by atoms with Crippen LogP contribution in [0.2, 0.25) is 0 Å². The van der Waals surface area contributed by atoms with Gasteiger partial charge in [-0.3, -0.25) is 4.79 Å². The fourth-order valence-electron chi connectivity index (χ4n) is 2.06. The number of nitrogens with zero attached hydrogens (tertiary/aromatic N) is 2. The van der Waals surface area contributed by atoms with Crippen LogP contribution >= 0.6 is 0 Å². The number of rotatable bonds is 3. The van der Waals surface area contributed by atoms with Crippen LogP contribution in [0, 0.1) is 6.92 Å². The van der Waals surface area contributed by atoms with Gasteiger partial charge >= 0.3 is 0 Å². The normalized spacial score (nSPS) is 12.2. The van der Waals surface area contributed by atoms with Gasteiger partial charge in [-0.25, -0.2) is 4.68 Å². The number of aromatic nitrogens is 2. The Bertz CT molecular complexity index is 545. The first-order valence-corrected chi connectivity index (χ1v) is 5.96. The average Bonchev–Trinajstić information content (AvgIpc) is 2.71. The lowest BCUT2D eigenvalue weighted by atomic mass is 10.1. The summed E-state index contributed by atoms with van der Waals surface area (Å²) in [5.74, 6) is -0.0330. The highest BCUT2D eigenvalue weighted by Crippen LogP contribution is 2.19. The highest BCUT2D eigenvalue weighted by atomic mass is 16.1. The van der Waals surface area contributed by atoms with Crippen molar-refractivity contribution in [2.75, 3.05) is 0 Å². The number of hydrogen-bond acceptors (Lipinski definition) is 2. The lowest BCUT2D eigenvalue weighted by Gasteiger charge is -2.12. The van der Waals surface area contributed by atoms with Crippen molar-refractivity contribution in [1.82, 2.24) is 15.1 Å². The Morgan fingerprint density at radius 2 is 2.00 bits per heavy atom. The third kappa shape index (κ3) is 2.42. The zero-order chi connectivity index (χ0) is 13.1. The molecule has 1 aromatic carbocycles. The van der Waals surface area contributed by atoms with E-state index in [-0.39, 0.29) is 11.9 Å². The van der Waals surface area contributed by atoms with E-state index in [9.17, 15) is 4.79 Å². The van der Waals surface area contributed by atoms with Crippen molar-refractivity contribution in [3.8, 4) is 5.69 Å². The number of benzene rings is 1. The molecule has 2 aromatic rings. The largest absolute Gasteiger partial charge is 0.350 e. The first-order valence-electron chi connectivity index (χ1n) is 5.96. The number of hydrogen-bond donors (Lipinski definition) is 1. The van der Waals surface area contributed by atoms with Crippen LogP contribution in [0.5, 0.6) is 0 Å². The van der Waals surface area contributed by atoms with Gasteiger partial charge in [-0.1, -0.05) is 18.2 Å². The first kappa shape index (κ1) is 12.4. The van der Waals surface area contributed by atoms with Gasteiger partial charge in [0.25, 0.3) is 0 Å². The van der Waals surface area contributed by atoms with Crippen LogP contribution in [-0.2, 0) is 4.79 Å². The second-order valence-corrected chi connectivity index (χ2v) is 4.35. The van der Waals surface area contributed by atoms with Gasteiger partial charge in [0.15, 0.2) is 0 Å². The summed E-state index contributed by atoms with van der Waals surface area (Å²) in [7, 11) is 0. The molecule has 0 saturated carbocycles. The molecule has 0 aliphatic carbocycles. The van der Waals surface area contributed by atoms with E-state index in [1.54, 1.807) is 0 Å². The molecule has 1 heterocycles. The molecule has 4 heteroatoms. The van der Waals surface area contributed by atoms with Crippen LogP contribution in [0.15, 0.2) is 36.5 Å². The number of para-hydroxylation sites is 1. The van der Waals surface area contributed by atoms with Crippen LogP contribution in [0.3, 0.4) is 0 Å². The average molecular weight is 243 g/mol. The Balaban J connectivity index is 2.32. The van der Waals surface area contributed by atoms with Crippen molar-refractivity contribution in [1.29, 1.82) is 0 Å². The molecule has 0 radical (unpaired) electrons. The lowest BCUT2D eigenvalue weighted by molar-refractivity contribution is -0.119. The van der Waals surface area contributed by atoms with Gasteiger partial charge in [0.05, 0.1) is 17.9 Å². The predicted molar refractivity (Wildman–Crippen MR) is 70.5 cm³/mol. The highest BCUT2D eigenvalue weighted by Gasteiger charge is 2.14. The van der Waals surface area contributed by atoms with Crippen LogP contribution < -0.4 is 5.32 Å². The number of carbonyl (C=O) groups is 1. The lowest BCUT2D eigenvalue weighted by Crippen LogP contribution is -2.23. The maximum atomic E-state index is 11.1. The number of carbonyl (C=O) groups excluding carboxylic acids is 1. The van der Waals surface area contributed by atoms with Gasteiger partial charge in [-0.2, -0.15) is 5.10 Å². The molecule has 2 rings (SSSR count). The van der Waals surface area contributed by atoms with E-state index in [1.165, 1.54) is 6.92 Å². The van der Waals surface area contributed by atoms with Crippen LogP contribution in [0.4, 0.5) is 0 Å². The Morgan fingerprint density at radius 1 is 1.33 bits per heavy atom. The SMILES string of the molecule is CC(=O)N[C@@H](C)c1cnn(-c2ccccc2)c1C. The summed E-state index contributed by atoms with van der Waals surface area (Å²) in [5.41, 5.74) is 3.10. The number of nitrogens with one attached hydrogen (secondary N) is 1. The highest BCUT2D eigenvalue weighted by molar-refractivity contribution is 5.73. The Hall–Kier alpha value is -2.10. The first-order chi connectivity index (χ1) is 8.59. The van der Waals surface area contributed by atoms with Gasteiger partial charge < -0.3 is 5.32 Å². The van der Waals surface area contributed by atoms with Crippen LogP contribution in [-0.4, -0.2) is 15.7 Å². The molecule has 1 aromatic heterocycles. The standard InChI is InChI=1S/C14H17N3O/c1-10(16-12(3)18)14-9-15-17(11(14)2)13-7-5-4-6-8-13/h4-10H,1-3H3,(H,16,18)/t10-/m0/s1. The molecule has 0 bridgehead atoms. The van der Waals surface area contributed by atoms with Gasteiger partial charge in [0.2, 0.25) is 5.91 Å². The zero-order valence-corrected chi connectivity index (χ0v) is 10.8. The maximum absolute atomic E-state index is 11.1. The molecule has 0 aliphatic rings. The third-order valence-corrected chi connectivity index (χ3v) is 2.93. The van der Waals surface area contributed by atoms with E-state index >= 15 is 0 Å². The summed E-state index contributed by atoms with van der Waals surface area (Å²) >= 11 is 0. The minimum atomic E-state index is -0.0330. The molecule has 1 N–H and O–H groups in total. The van der Waals surface area contributed by atoms with Crippen LogP contribution in [0.1, 0.15) is 31.1 Å². The van der Waals surface area contributed by atoms with Gasteiger partial charge in [-0.15, -0.1) is 0 Å². The molecule has 0 fully saturated rings. The molecule has 0 saturated heterocycles. The summed E-state index contributed by atoms with van der Waals surface area (Å²) in [5, 5.41) is 7.25. The smallest absolute Gasteiger partial charge is 0.217 e. The topological polar surface area (TPSA) is 46.9 Å². The quantitative estimate of drug-likeness (QED) is 0.899. The van der Waals surface area contributed by atoms with E-state index in [2.05, 4.69) is 10.4 Å². The fourth-order valence-corrected chi connectivity index (χ4v) is 2.06. The van der Waals surface area contributed by atoms with Crippen molar-refractivity contribution in [2.45, 2.75) is 26.8 Å². The van der Waals surface area contributed by atoms with Gasteiger partial charge in [-0.05, 0) is 26.0 Å². The van der Waals surface area contributed by atoms with E-state index in [0.717, 1.165) is 16.9 Å². The summed E-state index contributed by atoms with van der Waals surface area (Å²) in [6, 6.07) is 9.92. The van der Waals surface area contributed by atoms with E-state index < -0.39 is 0 Å². The molecule has 94 valence electrons. The van der Waals surface area contributed by atoms with Crippen molar-refractivity contribution < 1.29 is 4.79 Å². The van der Waals surface area contributed by atoms with Crippen molar-refractivity contribution in [2.24, 2.45) is 0 Å². The molecule has 0 aliphatic heterocycles. The molecule has 18 heavy (non-hydrogen) atoms.